The quantitative estimate of drug-likeness (QED) is 0.727. The zero-order chi connectivity index (χ0) is 11.3. The van der Waals surface area contributed by atoms with Crippen LogP contribution in [0.1, 0.15) is 16.1 Å². The molecule has 0 aliphatic carbocycles. The van der Waals surface area contributed by atoms with Crippen molar-refractivity contribution in [2.24, 2.45) is 0 Å². The second kappa shape index (κ2) is 3.22. The topological polar surface area (TPSA) is 44.9 Å². The van der Waals surface area contributed by atoms with Crippen molar-refractivity contribution in [2.75, 3.05) is 6.54 Å². The monoisotopic (exact) mass is 238 g/mol. The first-order chi connectivity index (χ1) is 7.66. The Morgan fingerprint density at radius 1 is 1.38 bits per heavy atom. The van der Waals surface area contributed by atoms with E-state index in [0.717, 1.165) is 12.1 Å². The standard InChI is InChI=1S/C11H8ClFN2O/c12-6-3-5-9(4-7(6)13)15-8-1-2-14-11(16)10(5)8/h3-4,15H,1-2H2,(H,14,16). The Bertz CT molecular complexity index is 606. The van der Waals surface area contributed by atoms with Crippen LogP contribution in [0.4, 0.5) is 4.39 Å². The molecule has 3 rings (SSSR count). The summed E-state index contributed by atoms with van der Waals surface area (Å²) in [5, 5.41) is 3.47. The molecule has 1 aromatic carbocycles. The minimum absolute atomic E-state index is 0.0349. The molecule has 0 bridgehead atoms. The van der Waals surface area contributed by atoms with E-state index in [0.29, 0.717) is 23.0 Å². The Morgan fingerprint density at radius 3 is 3.00 bits per heavy atom. The molecule has 0 radical (unpaired) electrons. The molecule has 82 valence electrons. The van der Waals surface area contributed by atoms with Crippen LogP contribution in [0, 0.1) is 5.82 Å². The molecule has 0 saturated carbocycles. The highest BCUT2D eigenvalue weighted by molar-refractivity contribution is 6.31. The number of hydrogen-bond acceptors (Lipinski definition) is 1. The van der Waals surface area contributed by atoms with Crippen LogP contribution >= 0.6 is 11.6 Å². The Hall–Kier alpha value is -1.55. The van der Waals surface area contributed by atoms with Crippen molar-refractivity contribution >= 4 is 28.4 Å². The van der Waals surface area contributed by atoms with Gasteiger partial charge in [0, 0.05) is 29.6 Å². The van der Waals surface area contributed by atoms with Crippen molar-refractivity contribution in [1.82, 2.24) is 10.3 Å². The Morgan fingerprint density at radius 2 is 2.19 bits per heavy atom. The van der Waals surface area contributed by atoms with Gasteiger partial charge in [0.25, 0.3) is 5.91 Å². The average molecular weight is 239 g/mol. The van der Waals surface area contributed by atoms with E-state index in [4.69, 9.17) is 11.6 Å². The van der Waals surface area contributed by atoms with Gasteiger partial charge in [-0.15, -0.1) is 0 Å². The molecule has 2 N–H and O–H groups in total. The molecular weight excluding hydrogens is 231 g/mol. The number of aromatic amines is 1. The predicted octanol–water partition coefficient (Wildman–Crippen LogP) is 2.25. The van der Waals surface area contributed by atoms with Crippen LogP contribution in [0.15, 0.2) is 12.1 Å². The molecule has 3 nitrogen and oxygen atoms in total. The predicted molar refractivity (Wildman–Crippen MR) is 59.3 cm³/mol. The number of benzene rings is 1. The van der Waals surface area contributed by atoms with Gasteiger partial charge in [-0.1, -0.05) is 11.6 Å². The van der Waals surface area contributed by atoms with Gasteiger partial charge in [0.15, 0.2) is 0 Å². The molecule has 16 heavy (non-hydrogen) atoms. The van der Waals surface area contributed by atoms with Gasteiger partial charge in [0.1, 0.15) is 5.82 Å². The third-order valence-electron chi connectivity index (χ3n) is 2.80. The van der Waals surface area contributed by atoms with Crippen LogP contribution in [0.2, 0.25) is 5.02 Å². The molecule has 2 heterocycles. The van der Waals surface area contributed by atoms with Crippen molar-refractivity contribution < 1.29 is 9.18 Å². The summed E-state index contributed by atoms with van der Waals surface area (Å²) >= 11 is 5.71. The number of aromatic nitrogens is 1. The maximum Gasteiger partial charge on any atom is 0.253 e. The zero-order valence-electron chi connectivity index (χ0n) is 8.23. The van der Waals surface area contributed by atoms with Crippen molar-refractivity contribution in [2.45, 2.75) is 6.42 Å². The number of halogens is 2. The van der Waals surface area contributed by atoms with Crippen LogP contribution in [0.3, 0.4) is 0 Å². The molecule has 1 amide bonds. The van der Waals surface area contributed by atoms with E-state index in [1.807, 2.05) is 0 Å². The number of nitrogens with one attached hydrogen (secondary N) is 2. The fourth-order valence-electron chi connectivity index (χ4n) is 2.08. The van der Waals surface area contributed by atoms with Gasteiger partial charge < -0.3 is 10.3 Å². The number of fused-ring (bicyclic) bond motifs is 3. The fourth-order valence-corrected chi connectivity index (χ4v) is 2.24. The Kier molecular flexibility index (Phi) is 1.94. The number of rotatable bonds is 0. The van der Waals surface area contributed by atoms with E-state index in [-0.39, 0.29) is 10.9 Å². The van der Waals surface area contributed by atoms with Crippen LogP contribution in [0.5, 0.6) is 0 Å². The van der Waals surface area contributed by atoms with Gasteiger partial charge in [-0.25, -0.2) is 4.39 Å². The van der Waals surface area contributed by atoms with Crippen molar-refractivity contribution in [3.8, 4) is 0 Å². The summed E-state index contributed by atoms with van der Waals surface area (Å²) in [5.74, 6) is -0.608. The van der Waals surface area contributed by atoms with Gasteiger partial charge in [0.2, 0.25) is 0 Å². The summed E-state index contributed by atoms with van der Waals surface area (Å²) in [6.45, 7) is 0.606. The van der Waals surface area contributed by atoms with Crippen molar-refractivity contribution in [3.05, 3.63) is 34.2 Å². The Labute approximate surface area is 95.6 Å². The summed E-state index contributed by atoms with van der Waals surface area (Å²) < 4.78 is 13.3. The van der Waals surface area contributed by atoms with E-state index in [1.165, 1.54) is 12.1 Å². The van der Waals surface area contributed by atoms with Gasteiger partial charge in [-0.3, -0.25) is 4.79 Å². The molecule has 0 saturated heterocycles. The van der Waals surface area contributed by atoms with Crippen LogP contribution < -0.4 is 5.32 Å². The van der Waals surface area contributed by atoms with Crippen LogP contribution in [-0.4, -0.2) is 17.4 Å². The molecule has 0 spiro atoms. The van der Waals surface area contributed by atoms with Gasteiger partial charge >= 0.3 is 0 Å². The van der Waals surface area contributed by atoms with Crippen molar-refractivity contribution in [3.63, 3.8) is 0 Å². The van der Waals surface area contributed by atoms with E-state index in [1.54, 1.807) is 0 Å². The largest absolute Gasteiger partial charge is 0.358 e. The lowest BCUT2D eigenvalue weighted by Gasteiger charge is -2.11. The van der Waals surface area contributed by atoms with E-state index >= 15 is 0 Å². The van der Waals surface area contributed by atoms with E-state index in [2.05, 4.69) is 10.3 Å². The maximum absolute atomic E-state index is 13.3. The summed E-state index contributed by atoms with van der Waals surface area (Å²) in [5.41, 5.74) is 2.05. The smallest absolute Gasteiger partial charge is 0.253 e. The van der Waals surface area contributed by atoms with Gasteiger partial charge in [-0.05, 0) is 12.1 Å². The molecule has 5 heteroatoms. The highest BCUT2D eigenvalue weighted by Crippen LogP contribution is 2.29. The van der Waals surface area contributed by atoms with Crippen LogP contribution in [-0.2, 0) is 6.42 Å². The SMILES string of the molecule is O=C1NCCc2[nH]c3cc(F)c(Cl)cc3c21. The first-order valence-electron chi connectivity index (χ1n) is 4.94. The summed E-state index contributed by atoms with van der Waals surface area (Å²) in [6, 6.07) is 2.82. The van der Waals surface area contributed by atoms with Crippen LogP contribution in [0.25, 0.3) is 10.9 Å². The Balaban J connectivity index is 2.38. The number of carbonyl (C=O) groups is 1. The highest BCUT2D eigenvalue weighted by Gasteiger charge is 2.22. The van der Waals surface area contributed by atoms with E-state index in [9.17, 15) is 9.18 Å². The lowest BCUT2D eigenvalue weighted by atomic mass is 10.1. The molecule has 1 aliphatic heterocycles. The molecule has 0 unspecified atom stereocenters. The number of amides is 1. The van der Waals surface area contributed by atoms with Crippen molar-refractivity contribution in [1.29, 1.82) is 0 Å². The second-order valence-corrected chi connectivity index (χ2v) is 4.20. The summed E-state index contributed by atoms with van der Waals surface area (Å²) in [7, 11) is 0. The molecule has 1 aliphatic rings. The number of carbonyl (C=O) groups excluding carboxylic acids is 1. The number of hydrogen-bond donors (Lipinski definition) is 2. The first-order valence-corrected chi connectivity index (χ1v) is 5.32. The third-order valence-corrected chi connectivity index (χ3v) is 3.09. The minimum Gasteiger partial charge on any atom is -0.358 e. The third kappa shape index (κ3) is 1.23. The highest BCUT2D eigenvalue weighted by atomic mass is 35.5. The minimum atomic E-state index is -0.479. The molecule has 0 atom stereocenters. The summed E-state index contributed by atoms with van der Waals surface area (Å²) in [4.78, 5) is 14.7. The average Bonchev–Trinajstić information content (AvgIpc) is 2.58. The van der Waals surface area contributed by atoms with E-state index < -0.39 is 5.82 Å². The first kappa shape index (κ1) is 9.66. The maximum atomic E-state index is 13.3. The molecule has 2 aromatic rings. The fraction of sp³-hybridized carbons (Fsp3) is 0.182. The second-order valence-electron chi connectivity index (χ2n) is 3.80. The molecular formula is C11H8ClFN2O. The number of H-pyrrole nitrogens is 1. The normalized spacial score (nSPS) is 15.0. The molecule has 1 aromatic heterocycles. The molecule has 0 fully saturated rings. The zero-order valence-corrected chi connectivity index (χ0v) is 8.99. The lowest BCUT2D eigenvalue weighted by Crippen LogP contribution is -2.31. The lowest BCUT2D eigenvalue weighted by molar-refractivity contribution is 0.0947. The van der Waals surface area contributed by atoms with Gasteiger partial charge in [0.05, 0.1) is 10.6 Å². The summed E-state index contributed by atoms with van der Waals surface area (Å²) in [6.07, 6.45) is 0.731. The van der Waals surface area contributed by atoms with Gasteiger partial charge in [-0.2, -0.15) is 0 Å².